The lowest BCUT2D eigenvalue weighted by Crippen LogP contribution is -2.30. The molecule has 0 aromatic heterocycles. The van der Waals surface area contributed by atoms with Gasteiger partial charge in [0.15, 0.2) is 5.11 Å². The van der Waals surface area contributed by atoms with Crippen molar-refractivity contribution in [2.75, 3.05) is 4.90 Å². The molecule has 3 rings (SSSR count). The Labute approximate surface area is 135 Å². The van der Waals surface area contributed by atoms with Crippen LogP contribution in [0.1, 0.15) is 16.7 Å². The van der Waals surface area contributed by atoms with Gasteiger partial charge in [0.2, 0.25) is 0 Å². The van der Waals surface area contributed by atoms with Gasteiger partial charge >= 0.3 is 0 Å². The molecule has 1 N–H and O–H groups in total. The summed E-state index contributed by atoms with van der Waals surface area (Å²) in [4.78, 5) is 14.1. The van der Waals surface area contributed by atoms with Crippen LogP contribution >= 0.6 is 12.2 Å². The summed E-state index contributed by atoms with van der Waals surface area (Å²) >= 11 is 5.30. The maximum atomic E-state index is 12.6. The van der Waals surface area contributed by atoms with Gasteiger partial charge < -0.3 is 5.32 Å². The van der Waals surface area contributed by atoms with Gasteiger partial charge in [-0.15, -0.1) is 0 Å². The van der Waals surface area contributed by atoms with Crippen molar-refractivity contribution in [1.82, 2.24) is 5.32 Å². The van der Waals surface area contributed by atoms with E-state index in [2.05, 4.69) is 18.3 Å². The van der Waals surface area contributed by atoms with Crippen molar-refractivity contribution in [3.05, 3.63) is 70.9 Å². The maximum absolute atomic E-state index is 12.6. The number of para-hydroxylation sites is 1. The van der Waals surface area contributed by atoms with Crippen molar-refractivity contribution in [2.45, 2.75) is 13.8 Å². The van der Waals surface area contributed by atoms with Gasteiger partial charge in [0.05, 0.1) is 5.69 Å². The number of hydrogen-bond donors (Lipinski definition) is 1. The molecular formula is C18H16N2OS. The molecule has 0 saturated carbocycles. The van der Waals surface area contributed by atoms with Crippen molar-refractivity contribution in [3.63, 3.8) is 0 Å². The number of anilines is 1. The molecule has 1 fully saturated rings. The highest BCUT2D eigenvalue weighted by Crippen LogP contribution is 2.23. The van der Waals surface area contributed by atoms with Gasteiger partial charge in [-0.05, 0) is 55.4 Å². The van der Waals surface area contributed by atoms with Crippen molar-refractivity contribution < 1.29 is 4.79 Å². The number of nitrogens with one attached hydrogen (secondary N) is 1. The second-order valence-electron chi connectivity index (χ2n) is 5.32. The second kappa shape index (κ2) is 5.73. The van der Waals surface area contributed by atoms with Gasteiger partial charge in [0, 0.05) is 0 Å². The van der Waals surface area contributed by atoms with E-state index in [9.17, 15) is 4.79 Å². The van der Waals surface area contributed by atoms with Crippen LogP contribution in [0.5, 0.6) is 0 Å². The molecule has 3 nitrogen and oxygen atoms in total. The van der Waals surface area contributed by atoms with Crippen LogP contribution in [-0.2, 0) is 4.79 Å². The lowest BCUT2D eigenvalue weighted by Gasteiger charge is -2.13. The molecule has 0 unspecified atom stereocenters. The van der Waals surface area contributed by atoms with E-state index >= 15 is 0 Å². The number of nitrogens with zero attached hydrogens (tertiary/aromatic N) is 1. The monoisotopic (exact) mass is 308 g/mol. The quantitative estimate of drug-likeness (QED) is 0.680. The molecule has 0 radical (unpaired) electrons. The van der Waals surface area contributed by atoms with Crippen LogP contribution in [0.25, 0.3) is 6.08 Å². The Hall–Kier alpha value is -2.46. The van der Waals surface area contributed by atoms with E-state index in [1.807, 2.05) is 55.5 Å². The molecule has 0 aliphatic carbocycles. The Kier molecular flexibility index (Phi) is 3.77. The fraction of sp³-hybridized carbons (Fsp3) is 0.111. The fourth-order valence-corrected chi connectivity index (χ4v) is 2.79. The Balaban J connectivity index is 1.96. The third kappa shape index (κ3) is 2.65. The summed E-state index contributed by atoms with van der Waals surface area (Å²) in [5.41, 5.74) is 4.62. The molecule has 4 heteroatoms. The zero-order valence-corrected chi connectivity index (χ0v) is 13.3. The molecule has 110 valence electrons. The highest BCUT2D eigenvalue weighted by Gasteiger charge is 2.31. The van der Waals surface area contributed by atoms with E-state index in [0.717, 1.165) is 16.8 Å². The first-order chi connectivity index (χ1) is 10.6. The number of benzene rings is 2. The molecule has 0 spiro atoms. The summed E-state index contributed by atoms with van der Waals surface area (Å²) in [7, 11) is 0. The Morgan fingerprint density at radius 3 is 2.50 bits per heavy atom. The smallest absolute Gasteiger partial charge is 0.281 e. The van der Waals surface area contributed by atoms with Crippen LogP contribution in [0.4, 0.5) is 5.69 Å². The van der Waals surface area contributed by atoms with Crippen molar-refractivity contribution in [1.29, 1.82) is 0 Å². The molecule has 0 atom stereocenters. The van der Waals surface area contributed by atoms with Crippen LogP contribution in [0.2, 0.25) is 0 Å². The highest BCUT2D eigenvalue weighted by molar-refractivity contribution is 7.80. The predicted molar refractivity (Wildman–Crippen MR) is 93.6 cm³/mol. The number of rotatable bonds is 2. The van der Waals surface area contributed by atoms with Gasteiger partial charge in [-0.25, -0.2) is 0 Å². The normalized spacial score (nSPS) is 16.3. The average Bonchev–Trinajstić information content (AvgIpc) is 2.77. The minimum absolute atomic E-state index is 0.129. The number of hydrogen-bond acceptors (Lipinski definition) is 2. The Bertz CT molecular complexity index is 781. The van der Waals surface area contributed by atoms with Gasteiger partial charge in [-0.2, -0.15) is 0 Å². The Morgan fingerprint density at radius 2 is 1.82 bits per heavy atom. The summed E-state index contributed by atoms with van der Waals surface area (Å²) in [6, 6.07) is 15.6. The van der Waals surface area contributed by atoms with Crippen molar-refractivity contribution in [2.24, 2.45) is 0 Å². The van der Waals surface area contributed by atoms with Crippen LogP contribution in [0, 0.1) is 13.8 Å². The predicted octanol–water partition coefficient (Wildman–Crippen LogP) is 3.57. The average molecular weight is 308 g/mol. The van der Waals surface area contributed by atoms with Gasteiger partial charge in [-0.3, -0.25) is 9.69 Å². The lowest BCUT2D eigenvalue weighted by molar-refractivity contribution is -0.113. The second-order valence-corrected chi connectivity index (χ2v) is 5.71. The standard InChI is InChI=1S/C18H16N2OS/c1-12-8-9-14(13(2)10-12)11-16-17(21)20(18(22)19-16)15-6-4-3-5-7-15/h3-11H,1-2H3,(H,19,22)/b16-11-. The highest BCUT2D eigenvalue weighted by atomic mass is 32.1. The SMILES string of the molecule is Cc1ccc(/C=C2\NC(=S)N(c3ccccc3)C2=O)c(C)c1. The molecule has 0 bridgehead atoms. The van der Waals surface area contributed by atoms with E-state index in [-0.39, 0.29) is 5.91 Å². The number of amides is 1. The van der Waals surface area contributed by atoms with E-state index in [4.69, 9.17) is 12.2 Å². The summed E-state index contributed by atoms with van der Waals surface area (Å²) in [6.45, 7) is 4.08. The van der Waals surface area contributed by atoms with E-state index in [1.165, 1.54) is 10.5 Å². The van der Waals surface area contributed by atoms with Gasteiger partial charge in [0.25, 0.3) is 5.91 Å². The Morgan fingerprint density at radius 1 is 1.09 bits per heavy atom. The summed E-state index contributed by atoms with van der Waals surface area (Å²) in [6.07, 6.45) is 1.85. The van der Waals surface area contributed by atoms with E-state index in [1.54, 1.807) is 0 Å². The lowest BCUT2D eigenvalue weighted by atomic mass is 10.0. The van der Waals surface area contributed by atoms with Crippen LogP contribution in [-0.4, -0.2) is 11.0 Å². The first-order valence-corrected chi connectivity index (χ1v) is 7.46. The zero-order valence-electron chi connectivity index (χ0n) is 12.5. The largest absolute Gasteiger partial charge is 0.327 e. The van der Waals surface area contributed by atoms with Crippen LogP contribution in [0.15, 0.2) is 54.2 Å². The third-order valence-electron chi connectivity index (χ3n) is 3.62. The van der Waals surface area contributed by atoms with Crippen LogP contribution < -0.4 is 10.2 Å². The molecule has 2 aromatic carbocycles. The molecule has 1 aliphatic heterocycles. The maximum Gasteiger partial charge on any atom is 0.281 e. The summed E-state index contributed by atoms with van der Waals surface area (Å²) in [5, 5.41) is 3.42. The zero-order chi connectivity index (χ0) is 15.7. The minimum atomic E-state index is -0.129. The number of aryl methyl sites for hydroxylation is 2. The van der Waals surface area contributed by atoms with Gasteiger partial charge in [0.1, 0.15) is 5.70 Å². The summed E-state index contributed by atoms with van der Waals surface area (Å²) in [5.74, 6) is -0.129. The van der Waals surface area contributed by atoms with Gasteiger partial charge in [-0.1, -0.05) is 42.0 Å². The number of carbonyl (C=O) groups is 1. The first kappa shape index (κ1) is 14.5. The third-order valence-corrected chi connectivity index (χ3v) is 3.90. The molecular weight excluding hydrogens is 292 g/mol. The van der Waals surface area contributed by atoms with E-state index in [0.29, 0.717) is 10.8 Å². The molecule has 22 heavy (non-hydrogen) atoms. The van der Waals surface area contributed by atoms with Crippen molar-refractivity contribution >= 4 is 35.0 Å². The molecule has 2 aromatic rings. The molecule has 1 aliphatic rings. The first-order valence-electron chi connectivity index (χ1n) is 7.06. The molecule has 1 heterocycles. The van der Waals surface area contributed by atoms with Crippen LogP contribution in [0.3, 0.4) is 0 Å². The van der Waals surface area contributed by atoms with Crippen molar-refractivity contribution in [3.8, 4) is 0 Å². The fourth-order valence-electron chi connectivity index (χ4n) is 2.49. The molecule has 1 saturated heterocycles. The molecule has 1 amide bonds. The summed E-state index contributed by atoms with van der Waals surface area (Å²) < 4.78 is 0. The number of thiocarbonyl (C=S) groups is 1. The topological polar surface area (TPSA) is 32.3 Å². The minimum Gasteiger partial charge on any atom is -0.327 e. The van der Waals surface area contributed by atoms with E-state index < -0.39 is 0 Å². The number of carbonyl (C=O) groups excluding carboxylic acids is 1.